The summed E-state index contributed by atoms with van der Waals surface area (Å²) in [4.78, 5) is 29.2. The van der Waals surface area contributed by atoms with Crippen LogP contribution in [0, 0.1) is 0 Å². The molecule has 2 aromatic rings. The Balaban J connectivity index is 2.53. The van der Waals surface area contributed by atoms with Gasteiger partial charge in [-0.1, -0.05) is 0 Å². The van der Waals surface area contributed by atoms with E-state index in [1.807, 2.05) is 0 Å². The predicted molar refractivity (Wildman–Crippen MR) is 86.8 cm³/mol. The molecular formula is C14H14N4O5S. The van der Waals surface area contributed by atoms with Gasteiger partial charge in [-0.2, -0.15) is 4.99 Å². The standard InChI is InChI=1S/C14H14N4O5S/c1-24(21,22)12-6-8(13(20)18-14(15)16)2-3-10(12)23-11-7-17-5-4-9(11)19/h2-7H,1H3,(H,17,19)(H4,15,16,18,20). The van der Waals surface area contributed by atoms with Crippen LogP contribution in [0.5, 0.6) is 11.5 Å². The summed E-state index contributed by atoms with van der Waals surface area (Å²) in [5, 5.41) is 0. The lowest BCUT2D eigenvalue weighted by Gasteiger charge is -2.10. The summed E-state index contributed by atoms with van der Waals surface area (Å²) in [6, 6.07) is 4.84. The molecule has 1 heterocycles. The molecule has 0 saturated carbocycles. The quantitative estimate of drug-likeness (QED) is 0.516. The third-order valence-corrected chi connectivity index (χ3v) is 3.95. The van der Waals surface area contributed by atoms with E-state index in [0.29, 0.717) is 0 Å². The Morgan fingerprint density at radius 1 is 1.21 bits per heavy atom. The van der Waals surface area contributed by atoms with E-state index < -0.39 is 27.1 Å². The molecular weight excluding hydrogens is 336 g/mol. The zero-order chi connectivity index (χ0) is 17.9. The van der Waals surface area contributed by atoms with Crippen LogP contribution in [-0.4, -0.2) is 31.5 Å². The first-order chi connectivity index (χ1) is 11.2. The number of carbonyl (C=O) groups excluding carboxylic acids is 1. The average Bonchev–Trinajstić information content (AvgIpc) is 2.48. The summed E-state index contributed by atoms with van der Waals surface area (Å²) in [6.45, 7) is 0. The van der Waals surface area contributed by atoms with Gasteiger partial charge < -0.3 is 21.2 Å². The van der Waals surface area contributed by atoms with Gasteiger partial charge in [0.25, 0.3) is 5.91 Å². The Morgan fingerprint density at radius 2 is 1.92 bits per heavy atom. The van der Waals surface area contributed by atoms with Gasteiger partial charge in [0, 0.05) is 30.3 Å². The third kappa shape index (κ3) is 3.98. The number of aromatic amines is 1. The third-order valence-electron chi connectivity index (χ3n) is 2.83. The van der Waals surface area contributed by atoms with Gasteiger partial charge in [-0.3, -0.25) is 9.59 Å². The number of benzene rings is 1. The molecule has 0 bridgehead atoms. The highest BCUT2D eigenvalue weighted by atomic mass is 32.2. The lowest BCUT2D eigenvalue weighted by Crippen LogP contribution is -2.24. The van der Waals surface area contributed by atoms with Crippen LogP contribution in [0.4, 0.5) is 0 Å². The molecule has 5 N–H and O–H groups in total. The van der Waals surface area contributed by atoms with Gasteiger partial charge in [-0.05, 0) is 18.2 Å². The van der Waals surface area contributed by atoms with Crippen molar-refractivity contribution in [2.45, 2.75) is 4.90 Å². The van der Waals surface area contributed by atoms with Gasteiger partial charge in [0.05, 0.1) is 0 Å². The Morgan fingerprint density at radius 3 is 2.50 bits per heavy atom. The van der Waals surface area contributed by atoms with Crippen LogP contribution in [0.3, 0.4) is 0 Å². The molecule has 1 aromatic carbocycles. The number of amides is 1. The van der Waals surface area contributed by atoms with E-state index in [-0.39, 0.29) is 22.0 Å². The molecule has 24 heavy (non-hydrogen) atoms. The summed E-state index contributed by atoms with van der Waals surface area (Å²) >= 11 is 0. The summed E-state index contributed by atoms with van der Waals surface area (Å²) in [5.41, 5.74) is 9.78. The molecule has 0 spiro atoms. The Bertz CT molecular complexity index is 975. The molecule has 10 heteroatoms. The van der Waals surface area contributed by atoms with Crippen molar-refractivity contribution < 1.29 is 17.9 Å². The largest absolute Gasteiger partial charge is 0.450 e. The molecule has 0 atom stereocenters. The maximum Gasteiger partial charge on any atom is 0.280 e. The van der Waals surface area contributed by atoms with Crippen molar-refractivity contribution in [2.75, 3.05) is 6.26 Å². The monoisotopic (exact) mass is 350 g/mol. The number of carbonyl (C=O) groups is 1. The zero-order valence-electron chi connectivity index (χ0n) is 12.5. The normalized spacial score (nSPS) is 10.9. The summed E-state index contributed by atoms with van der Waals surface area (Å²) in [7, 11) is -3.75. The second-order valence-electron chi connectivity index (χ2n) is 4.75. The van der Waals surface area contributed by atoms with E-state index in [1.165, 1.54) is 30.6 Å². The topological polar surface area (TPSA) is 158 Å². The van der Waals surface area contributed by atoms with Gasteiger partial charge in [-0.15, -0.1) is 0 Å². The first kappa shape index (κ1) is 17.2. The van der Waals surface area contributed by atoms with E-state index >= 15 is 0 Å². The molecule has 0 saturated heterocycles. The van der Waals surface area contributed by atoms with Crippen LogP contribution in [0.15, 0.2) is 51.3 Å². The van der Waals surface area contributed by atoms with Gasteiger partial charge in [0.2, 0.25) is 5.43 Å². The van der Waals surface area contributed by atoms with E-state index in [1.54, 1.807) is 0 Å². The molecule has 0 unspecified atom stereocenters. The van der Waals surface area contributed by atoms with Crippen LogP contribution in [0.1, 0.15) is 10.4 Å². The molecule has 1 aromatic heterocycles. The summed E-state index contributed by atoms with van der Waals surface area (Å²) in [5.74, 6) is -1.44. The fourth-order valence-electron chi connectivity index (χ4n) is 1.80. The fraction of sp³-hybridized carbons (Fsp3) is 0.0714. The SMILES string of the molecule is CS(=O)(=O)c1cc(C(=O)N=C(N)N)ccc1Oc1c[nH]ccc1=O. The number of rotatable bonds is 4. The van der Waals surface area contributed by atoms with Gasteiger partial charge in [-0.25, -0.2) is 8.42 Å². The van der Waals surface area contributed by atoms with Crippen molar-refractivity contribution in [2.24, 2.45) is 16.5 Å². The zero-order valence-corrected chi connectivity index (χ0v) is 13.3. The van der Waals surface area contributed by atoms with Crippen LogP contribution >= 0.6 is 0 Å². The summed E-state index contributed by atoms with van der Waals surface area (Å²) in [6.07, 6.45) is 3.63. The highest BCUT2D eigenvalue weighted by Crippen LogP contribution is 2.28. The Labute approximate surface area is 136 Å². The molecule has 0 aliphatic heterocycles. The number of pyridine rings is 1. The van der Waals surface area contributed by atoms with Crippen molar-refractivity contribution in [3.8, 4) is 11.5 Å². The number of hydrogen-bond acceptors (Lipinski definition) is 5. The van der Waals surface area contributed by atoms with Crippen LogP contribution < -0.4 is 21.6 Å². The number of guanidine groups is 1. The molecule has 0 fully saturated rings. The van der Waals surface area contributed by atoms with Crippen LogP contribution in [0.2, 0.25) is 0 Å². The predicted octanol–water partition coefficient (Wildman–Crippen LogP) is -0.0157. The number of nitrogens with two attached hydrogens (primary N) is 2. The van der Waals surface area contributed by atoms with Crippen molar-refractivity contribution in [3.63, 3.8) is 0 Å². The summed E-state index contributed by atoms with van der Waals surface area (Å²) < 4.78 is 29.3. The maximum absolute atomic E-state index is 12.0. The second kappa shape index (κ2) is 6.54. The minimum Gasteiger partial charge on any atom is -0.450 e. The molecule has 2 rings (SSSR count). The van der Waals surface area contributed by atoms with Crippen molar-refractivity contribution in [1.82, 2.24) is 4.98 Å². The first-order valence-corrected chi connectivity index (χ1v) is 8.40. The average molecular weight is 350 g/mol. The van der Waals surface area contributed by atoms with Crippen molar-refractivity contribution in [3.05, 3.63) is 52.4 Å². The number of aromatic nitrogens is 1. The highest BCUT2D eigenvalue weighted by molar-refractivity contribution is 7.90. The smallest absolute Gasteiger partial charge is 0.280 e. The molecule has 1 amide bonds. The molecule has 0 radical (unpaired) electrons. The van der Waals surface area contributed by atoms with Gasteiger partial charge >= 0.3 is 0 Å². The number of H-pyrrole nitrogens is 1. The lowest BCUT2D eigenvalue weighted by atomic mass is 10.2. The number of ether oxygens (including phenoxy) is 1. The van der Waals surface area contributed by atoms with Crippen LogP contribution in [-0.2, 0) is 9.84 Å². The van der Waals surface area contributed by atoms with Crippen LogP contribution in [0.25, 0.3) is 0 Å². The van der Waals surface area contributed by atoms with E-state index in [2.05, 4.69) is 9.98 Å². The van der Waals surface area contributed by atoms with E-state index in [0.717, 1.165) is 12.3 Å². The van der Waals surface area contributed by atoms with E-state index in [9.17, 15) is 18.0 Å². The first-order valence-electron chi connectivity index (χ1n) is 6.51. The van der Waals surface area contributed by atoms with Crippen molar-refractivity contribution >= 4 is 21.7 Å². The molecule has 126 valence electrons. The molecule has 0 aliphatic carbocycles. The van der Waals surface area contributed by atoms with Gasteiger partial charge in [0.1, 0.15) is 10.6 Å². The Kier molecular flexibility index (Phi) is 4.69. The highest BCUT2D eigenvalue weighted by Gasteiger charge is 2.19. The van der Waals surface area contributed by atoms with Gasteiger partial charge in [0.15, 0.2) is 21.5 Å². The fourth-order valence-corrected chi connectivity index (χ4v) is 2.61. The number of aliphatic imine (C=N–C) groups is 1. The number of sulfone groups is 1. The van der Waals surface area contributed by atoms with E-state index in [4.69, 9.17) is 16.2 Å². The molecule has 0 aliphatic rings. The number of hydrogen-bond donors (Lipinski definition) is 3. The van der Waals surface area contributed by atoms with Crippen molar-refractivity contribution in [1.29, 1.82) is 0 Å². The number of nitrogens with one attached hydrogen (secondary N) is 1. The second-order valence-corrected chi connectivity index (χ2v) is 6.73. The minimum absolute atomic E-state index is 0.0434. The maximum atomic E-state index is 12.0. The number of nitrogens with zero attached hydrogens (tertiary/aromatic N) is 1. The minimum atomic E-state index is -3.75. The Hall–Kier alpha value is -3.14. The lowest BCUT2D eigenvalue weighted by molar-refractivity contribution is 0.100. The molecule has 9 nitrogen and oxygen atoms in total.